The Balaban J connectivity index is 3.05. The molecule has 8 N–H and O–H groups in total. The van der Waals surface area contributed by atoms with E-state index >= 15 is 0 Å². The molecule has 4 amide bonds. The Kier molecular flexibility index (Phi) is 72.5. The highest BCUT2D eigenvalue weighted by atomic mass is 31.2. The van der Waals surface area contributed by atoms with E-state index in [1.165, 1.54) is 127 Å². The van der Waals surface area contributed by atoms with Crippen molar-refractivity contribution in [2.45, 2.75) is 412 Å². The van der Waals surface area contributed by atoms with Crippen LogP contribution in [0.1, 0.15) is 396 Å². The number of hydrogen-bond acceptors (Lipinski definition) is 18. The molecule has 0 aromatic heterocycles. The van der Waals surface area contributed by atoms with Crippen LogP contribution in [-0.4, -0.2) is 158 Å². The van der Waals surface area contributed by atoms with E-state index in [2.05, 4.69) is 87.1 Å². The number of hydrogen-bond donors (Lipinski definition) is 8. The Morgan fingerprint density at radius 3 is 1.01 bits per heavy atom. The van der Waals surface area contributed by atoms with Gasteiger partial charge in [0, 0.05) is 50.3 Å². The molecule has 8 atom stereocenters. The zero-order chi connectivity index (χ0) is 85.1. The van der Waals surface area contributed by atoms with Crippen LogP contribution in [0.15, 0.2) is 48.6 Å². The van der Waals surface area contributed by atoms with Crippen LogP contribution in [0.2, 0.25) is 0 Å². The first-order valence-corrected chi connectivity index (χ1v) is 48.9. The second-order valence-electron chi connectivity index (χ2n) is 31.5. The lowest BCUT2D eigenvalue weighted by molar-refractivity contribution is -0.152. The van der Waals surface area contributed by atoms with Crippen molar-refractivity contribution in [3.63, 3.8) is 0 Å². The van der Waals surface area contributed by atoms with Crippen LogP contribution in [0, 0.1) is 0 Å². The fraction of sp³-hybridized carbons (Fsp3) is 0.822. The third-order valence-corrected chi connectivity index (χ3v) is 22.3. The summed E-state index contributed by atoms with van der Waals surface area (Å²) >= 11 is 0. The van der Waals surface area contributed by atoms with Crippen LogP contribution in [0.25, 0.3) is 0 Å². The highest BCUT2D eigenvalue weighted by Crippen LogP contribution is 2.44. The van der Waals surface area contributed by atoms with E-state index in [0.29, 0.717) is 51.4 Å². The minimum Gasteiger partial charge on any atom is -0.462 e. The average molecular weight is 1680 g/mol. The highest BCUT2D eigenvalue weighted by molar-refractivity contribution is 7.47. The molecule has 0 aliphatic rings. The van der Waals surface area contributed by atoms with Crippen molar-refractivity contribution in [2.24, 2.45) is 0 Å². The molecular formula is C90H164N4O20P2. The van der Waals surface area contributed by atoms with Gasteiger partial charge in [-0.05, 0) is 121 Å². The summed E-state index contributed by atoms with van der Waals surface area (Å²) in [4.78, 5) is 103. The van der Waals surface area contributed by atoms with Gasteiger partial charge in [-0.25, -0.2) is 9.13 Å². The van der Waals surface area contributed by atoms with E-state index in [1.807, 2.05) is 0 Å². The fourth-order valence-electron chi connectivity index (χ4n) is 13.3. The number of benzene rings is 1. The smallest absolute Gasteiger partial charge is 0.462 e. The number of aliphatic hydroxyl groups excluding tert-OH is 2. The van der Waals surface area contributed by atoms with E-state index in [0.717, 1.165) is 154 Å². The van der Waals surface area contributed by atoms with Gasteiger partial charge in [0.1, 0.15) is 12.2 Å². The molecule has 0 aliphatic heterocycles. The Morgan fingerprint density at radius 1 is 0.371 bits per heavy atom. The third kappa shape index (κ3) is 68.3. The molecule has 0 heterocycles. The number of carbonyl (C=O) groups excluding carboxylic acids is 6. The quantitative estimate of drug-likeness (QED) is 0.0130. The Bertz CT molecular complexity index is 2570. The van der Waals surface area contributed by atoms with Crippen LogP contribution in [-0.2, 0) is 65.4 Å². The molecule has 1 aromatic rings. The molecular weight excluding hydrogens is 1520 g/mol. The highest BCUT2D eigenvalue weighted by Gasteiger charge is 2.29. The lowest BCUT2D eigenvalue weighted by Crippen LogP contribution is -2.43. The minimum atomic E-state index is -4.82. The zero-order valence-electron chi connectivity index (χ0n) is 73.1. The SMILES string of the molecule is CCCCCC/C=C/CCCC(=O)OC(CCCCCCCCCCC)CC(=O)NC(COCC[C@H](O)CCCCCCC)COP(=O)(O)OCCNC(=O)c1cccc(C(=O)NCCOP(=O)(O)OCC(COCC[C@H](O)CCCCCCC)NC(=O)CC(CCCCCCCCCCC)OC(=O)CCC/C=C/CCCCCC)c1. The number of aliphatic hydroxyl groups is 2. The van der Waals surface area contributed by atoms with Gasteiger partial charge in [0.15, 0.2) is 0 Å². The van der Waals surface area contributed by atoms with E-state index in [4.69, 9.17) is 37.0 Å². The Hall–Kier alpha value is -4.42. The normalized spacial score (nSPS) is 14.4. The van der Waals surface area contributed by atoms with Gasteiger partial charge in [-0.15, -0.1) is 0 Å². The first-order chi connectivity index (χ1) is 56.2. The summed E-state index contributed by atoms with van der Waals surface area (Å²) in [5.41, 5.74) is 0.115. The molecule has 6 unspecified atom stereocenters. The number of phosphoric acid groups is 2. The molecule has 1 aromatic carbocycles. The first-order valence-electron chi connectivity index (χ1n) is 45.9. The van der Waals surface area contributed by atoms with E-state index in [1.54, 1.807) is 0 Å². The van der Waals surface area contributed by atoms with Crippen molar-refractivity contribution in [2.75, 3.05) is 65.9 Å². The molecule has 674 valence electrons. The molecule has 0 aliphatic carbocycles. The van der Waals surface area contributed by atoms with Gasteiger partial charge in [-0.1, -0.05) is 277 Å². The van der Waals surface area contributed by atoms with Gasteiger partial charge in [-0.3, -0.25) is 46.9 Å². The average Bonchev–Trinajstić information content (AvgIpc) is 0.858. The van der Waals surface area contributed by atoms with E-state index in [9.17, 15) is 57.9 Å². The number of nitrogens with one attached hydrogen (secondary N) is 4. The molecule has 0 radical (unpaired) electrons. The Morgan fingerprint density at radius 2 is 0.672 bits per heavy atom. The number of esters is 2. The monoisotopic (exact) mass is 1680 g/mol. The van der Waals surface area contributed by atoms with E-state index in [-0.39, 0.29) is 88.3 Å². The molecule has 0 bridgehead atoms. The molecule has 26 heteroatoms. The maximum absolute atomic E-state index is 13.9. The van der Waals surface area contributed by atoms with Crippen LogP contribution in [0.5, 0.6) is 0 Å². The van der Waals surface area contributed by atoms with Gasteiger partial charge in [-0.2, -0.15) is 0 Å². The van der Waals surface area contributed by atoms with Crippen molar-refractivity contribution in [1.82, 2.24) is 21.3 Å². The van der Waals surface area contributed by atoms with Crippen LogP contribution in [0.4, 0.5) is 0 Å². The minimum absolute atomic E-state index is 0.0576. The number of amides is 4. The van der Waals surface area contributed by atoms with Gasteiger partial charge in [0.05, 0.1) is 76.8 Å². The maximum atomic E-state index is 13.9. The summed E-state index contributed by atoms with van der Waals surface area (Å²) in [6.45, 7) is 10.6. The standard InChI is InChI=1S/C90H164N4O20P2/c1-7-13-19-25-29-33-37-43-49-58-83(113-87(99)60-51-45-39-35-31-27-21-15-9-3)71-85(97)93-79(73-107-66-62-81(95)56-47-41-23-17-11-5)75-111-115(103,104)109-68-64-91-89(101)77-54-53-55-78(70-77)90(102)92-65-69-110-116(105,106)112-76-80(74-108-67-63-82(96)57-48-42-24-18-12-6)94-86(98)72-84(59-50-44-38-34-30-26-20-14-8-2)114-88(100)61-52-46-40-36-32-28-22-16-10-4/h35-36,39-40,53-55,70,79-84,95-96H,7-34,37-38,41-52,56-69,71-76H2,1-6H3,(H,91,101)(H,92,102)(H,93,97)(H,94,98)(H,103,104)(H,105,106)/b39-35+,40-36+/t79?,80?,81-,82-,83?,84?/m1/s1. The molecule has 24 nitrogen and oxygen atoms in total. The second-order valence-corrected chi connectivity index (χ2v) is 34.5. The number of phosphoric ester groups is 2. The lowest BCUT2D eigenvalue weighted by Gasteiger charge is -2.23. The van der Waals surface area contributed by atoms with Gasteiger partial charge < -0.3 is 60.2 Å². The first kappa shape index (κ1) is 110. The Labute approximate surface area is 701 Å². The summed E-state index contributed by atoms with van der Waals surface area (Å²) in [5.74, 6) is -2.99. The van der Waals surface area contributed by atoms with Crippen LogP contribution in [0.3, 0.4) is 0 Å². The van der Waals surface area contributed by atoms with Gasteiger partial charge >= 0.3 is 27.6 Å². The third-order valence-electron chi connectivity index (χ3n) is 20.4. The summed E-state index contributed by atoms with van der Waals surface area (Å²) < 4.78 is 71.7. The van der Waals surface area contributed by atoms with E-state index < -0.39 is 102 Å². The largest absolute Gasteiger partial charge is 0.472 e. The van der Waals surface area contributed by atoms with Crippen molar-refractivity contribution in [3.8, 4) is 0 Å². The summed E-state index contributed by atoms with van der Waals surface area (Å²) in [7, 11) is -9.63. The number of carbonyl (C=O) groups is 6. The van der Waals surface area contributed by atoms with Gasteiger partial charge in [0.2, 0.25) is 11.8 Å². The molecule has 116 heavy (non-hydrogen) atoms. The second kappa shape index (κ2) is 76.7. The number of unbranched alkanes of at least 4 members (excludes halogenated alkanes) is 34. The zero-order valence-corrected chi connectivity index (χ0v) is 74.9. The molecule has 1 rings (SSSR count). The van der Waals surface area contributed by atoms with Gasteiger partial charge in [0.25, 0.3) is 11.8 Å². The topological polar surface area (TPSA) is 339 Å². The van der Waals surface area contributed by atoms with Crippen LogP contribution < -0.4 is 21.3 Å². The number of allylic oxidation sites excluding steroid dienone is 4. The lowest BCUT2D eigenvalue weighted by atomic mass is 10.0. The maximum Gasteiger partial charge on any atom is 0.472 e. The molecule has 0 spiro atoms. The fourth-order valence-corrected chi connectivity index (χ4v) is 14.9. The predicted molar refractivity (Wildman–Crippen MR) is 464 cm³/mol. The van der Waals surface area contributed by atoms with Crippen molar-refractivity contribution < 1.29 is 94.9 Å². The molecule has 0 fully saturated rings. The molecule has 0 saturated carbocycles. The van der Waals surface area contributed by atoms with Crippen molar-refractivity contribution in [3.05, 3.63) is 59.7 Å². The number of rotatable bonds is 84. The van der Waals surface area contributed by atoms with Crippen LogP contribution >= 0.6 is 15.6 Å². The predicted octanol–water partition coefficient (Wildman–Crippen LogP) is 20.5. The number of ether oxygens (including phenoxy) is 4. The summed E-state index contributed by atoms with van der Waals surface area (Å²) in [6.07, 6.45) is 53.7. The summed E-state index contributed by atoms with van der Waals surface area (Å²) in [5, 5.41) is 32.2. The molecule has 0 saturated heterocycles. The van der Waals surface area contributed by atoms with Crippen molar-refractivity contribution in [1.29, 1.82) is 0 Å². The van der Waals surface area contributed by atoms with Crippen molar-refractivity contribution >= 4 is 51.2 Å². The summed E-state index contributed by atoms with van der Waals surface area (Å²) in [6, 6.07) is 3.77.